The molecule has 0 atom stereocenters. The number of alkyl halides is 3. The van der Waals surface area contributed by atoms with Crippen LogP contribution >= 0.6 is 0 Å². The average molecular weight is 983 g/mol. The smallest absolute Gasteiger partial charge is 0.350 e. The first-order chi connectivity index (χ1) is 34.6. The fourth-order valence-corrected chi connectivity index (χ4v) is 6.79. The van der Waals surface area contributed by atoms with Crippen LogP contribution in [0.2, 0.25) is 0 Å². The number of carbonyl (C=O) groups is 3. The molecule has 3 aromatic carbocycles. The predicted molar refractivity (Wildman–Crippen MR) is 259 cm³/mol. The molecule has 0 spiro atoms. The van der Waals surface area contributed by atoms with Crippen LogP contribution in [0.3, 0.4) is 0 Å². The number of aromatic nitrogens is 9. The minimum absolute atomic E-state index is 0.0131. The Morgan fingerprint density at radius 2 is 1.24 bits per heavy atom. The number of amides is 3. The molecule has 0 aliphatic rings. The summed E-state index contributed by atoms with van der Waals surface area (Å²) in [7, 11) is 1.74. The minimum atomic E-state index is -4.71. The van der Waals surface area contributed by atoms with Gasteiger partial charge >= 0.3 is 6.18 Å². The Bertz CT molecular complexity index is 3360. The number of hydrogen-bond donors (Lipinski definition) is 7. The molecule has 0 radical (unpaired) electrons. The summed E-state index contributed by atoms with van der Waals surface area (Å²) < 4.78 is 74.5. The zero-order chi connectivity index (χ0) is 50.9. The molecular formula is C48H39F5N16O3. The summed E-state index contributed by atoms with van der Waals surface area (Å²) in [6, 6.07) is 15.1. The van der Waals surface area contributed by atoms with E-state index in [4.69, 9.17) is 0 Å². The van der Waals surface area contributed by atoms with Gasteiger partial charge in [-0.25, -0.2) is 18.7 Å². The van der Waals surface area contributed by atoms with Gasteiger partial charge in [-0.1, -0.05) is 25.3 Å². The highest BCUT2D eigenvalue weighted by Crippen LogP contribution is 2.36. The first kappa shape index (κ1) is 48.6. The normalized spacial score (nSPS) is 11.0. The molecule has 5 aromatic heterocycles. The maximum atomic E-state index is 15.2. The third-order valence-electron chi connectivity index (χ3n) is 10.2. The monoisotopic (exact) mass is 982 g/mol. The molecule has 19 nitrogen and oxygen atoms in total. The molecule has 0 saturated carbocycles. The lowest BCUT2D eigenvalue weighted by molar-refractivity contribution is -0.137. The van der Waals surface area contributed by atoms with Crippen LogP contribution in [0.25, 0.3) is 22.3 Å². The molecule has 0 fully saturated rings. The summed E-state index contributed by atoms with van der Waals surface area (Å²) in [5, 5.41) is 28.3. The lowest BCUT2D eigenvalue weighted by Gasteiger charge is -2.15. The zero-order valence-corrected chi connectivity index (χ0v) is 37.6. The molecule has 0 bridgehead atoms. The number of hydrogen-bond acceptors (Lipinski definition) is 14. The molecule has 8 rings (SSSR count). The lowest BCUT2D eigenvalue weighted by atomic mass is 10.0. The highest BCUT2D eigenvalue weighted by Gasteiger charge is 2.31. The number of benzene rings is 3. The van der Waals surface area contributed by atoms with Gasteiger partial charge < -0.3 is 37.2 Å². The van der Waals surface area contributed by atoms with Crippen LogP contribution in [0.5, 0.6) is 0 Å². The van der Waals surface area contributed by atoms with Gasteiger partial charge in [0.15, 0.2) is 0 Å². The second-order valence-electron chi connectivity index (χ2n) is 15.4. The van der Waals surface area contributed by atoms with E-state index >= 15 is 8.78 Å². The largest absolute Gasteiger partial charge is 0.417 e. The van der Waals surface area contributed by atoms with Crippen LogP contribution in [0, 0.1) is 11.6 Å². The van der Waals surface area contributed by atoms with Crippen molar-refractivity contribution >= 4 is 75.4 Å². The third kappa shape index (κ3) is 12.0. The molecule has 364 valence electrons. The number of pyridine rings is 1. The van der Waals surface area contributed by atoms with E-state index in [1.807, 2.05) is 0 Å². The summed E-state index contributed by atoms with van der Waals surface area (Å²) in [5.74, 6) is -2.72. The molecule has 3 amide bonds. The summed E-state index contributed by atoms with van der Waals surface area (Å²) in [6.45, 7) is 7.16. The van der Waals surface area contributed by atoms with Gasteiger partial charge in [0, 0.05) is 84.4 Å². The van der Waals surface area contributed by atoms with Crippen molar-refractivity contribution in [1.82, 2.24) is 49.8 Å². The lowest BCUT2D eigenvalue weighted by Crippen LogP contribution is -2.27. The third-order valence-corrected chi connectivity index (χ3v) is 10.2. The Labute approximate surface area is 405 Å². The van der Waals surface area contributed by atoms with Crippen molar-refractivity contribution in [2.45, 2.75) is 12.7 Å². The quantitative estimate of drug-likeness (QED) is 0.0314. The van der Waals surface area contributed by atoms with E-state index in [9.17, 15) is 27.6 Å². The fraction of sp³-hybridized carbons (Fsp3) is 0.0833. The zero-order valence-electron chi connectivity index (χ0n) is 37.6. The van der Waals surface area contributed by atoms with Crippen molar-refractivity contribution in [3.63, 3.8) is 0 Å². The summed E-state index contributed by atoms with van der Waals surface area (Å²) in [4.78, 5) is 59.0. The SMILES string of the molecule is C=CC(=O)Nc1ccc(F)c(Nc2nc(Nc3cnn(C)c3)ncc2-c2cccc(C(=O)NCCn3cc(Nc4ncc(-c5cncc(C(F)(F)F)c5)c(Nc5cc(NC(=O)C=C)ccc5F)n4)cn3)c2)c1. The number of rotatable bonds is 18. The van der Waals surface area contributed by atoms with Crippen LogP contribution < -0.4 is 37.2 Å². The molecule has 0 unspecified atom stereocenters. The summed E-state index contributed by atoms with van der Waals surface area (Å²) >= 11 is 0. The fourth-order valence-electron chi connectivity index (χ4n) is 6.79. The maximum absolute atomic E-state index is 15.2. The maximum Gasteiger partial charge on any atom is 0.417 e. The van der Waals surface area contributed by atoms with Crippen LogP contribution in [-0.2, 0) is 29.4 Å². The van der Waals surface area contributed by atoms with Crippen LogP contribution in [0.1, 0.15) is 15.9 Å². The highest BCUT2D eigenvalue weighted by molar-refractivity contribution is 6.00. The van der Waals surface area contributed by atoms with Gasteiger partial charge in [-0.15, -0.1) is 0 Å². The molecule has 24 heteroatoms. The Morgan fingerprint density at radius 3 is 1.81 bits per heavy atom. The average Bonchev–Trinajstić information content (AvgIpc) is 4.00. The van der Waals surface area contributed by atoms with Gasteiger partial charge in [0.2, 0.25) is 23.7 Å². The van der Waals surface area contributed by atoms with Crippen molar-refractivity contribution in [3.8, 4) is 22.3 Å². The van der Waals surface area contributed by atoms with Crippen molar-refractivity contribution in [3.05, 3.63) is 164 Å². The van der Waals surface area contributed by atoms with Crippen LogP contribution in [-0.4, -0.2) is 68.7 Å². The molecule has 5 heterocycles. The Morgan fingerprint density at radius 1 is 0.653 bits per heavy atom. The summed E-state index contributed by atoms with van der Waals surface area (Å²) in [5.41, 5.74) is 1.46. The summed E-state index contributed by atoms with van der Waals surface area (Å²) in [6.07, 6.45) is 8.30. The van der Waals surface area contributed by atoms with Crippen LogP contribution in [0.15, 0.2) is 142 Å². The first-order valence-corrected chi connectivity index (χ1v) is 21.3. The van der Waals surface area contributed by atoms with E-state index < -0.39 is 41.1 Å². The Kier molecular flexibility index (Phi) is 14.3. The van der Waals surface area contributed by atoms with Crippen molar-refractivity contribution in [2.75, 3.05) is 38.4 Å². The van der Waals surface area contributed by atoms with E-state index in [-0.39, 0.29) is 70.4 Å². The van der Waals surface area contributed by atoms with E-state index in [0.717, 1.165) is 24.3 Å². The highest BCUT2D eigenvalue weighted by atomic mass is 19.4. The number of halogens is 5. The van der Waals surface area contributed by atoms with Gasteiger partial charge in [-0.05, 0) is 72.3 Å². The molecule has 72 heavy (non-hydrogen) atoms. The molecule has 0 aliphatic carbocycles. The van der Waals surface area contributed by atoms with E-state index in [1.165, 1.54) is 59.8 Å². The van der Waals surface area contributed by atoms with Gasteiger partial charge in [0.1, 0.15) is 23.3 Å². The topological polar surface area (TPSA) is 236 Å². The minimum Gasteiger partial charge on any atom is -0.350 e. The number of nitrogens with zero attached hydrogens (tertiary/aromatic N) is 9. The van der Waals surface area contributed by atoms with Gasteiger partial charge in [-0.3, -0.25) is 28.7 Å². The number of carbonyl (C=O) groups excluding carboxylic acids is 3. The molecule has 8 aromatic rings. The number of aryl methyl sites for hydroxylation is 1. The number of anilines is 10. The first-order valence-electron chi connectivity index (χ1n) is 21.3. The number of nitrogens with one attached hydrogen (secondary N) is 7. The standard InChI is InChI=1S/C48H39F5N16O3/c1-4-41(70)60-31-9-11-37(49)39(17-31)64-43-35(23-56-46(66-43)62-33-21-58-68(3)25-33)27-7-6-8-28(15-27)45(72)55-13-14-69-26-34(22-59-69)63-47-57-24-36(29-16-30(20-54-19-29)48(51,52)53)44(67-47)65-40-18-32(10-12-38(40)50)61-42(71)5-2/h4-12,15-26H,1-2,13-14H2,3H3,(H,55,72)(H,60,70)(H,61,71)(H2,56,62,64,66)(H2,57,63,65,67). The molecule has 7 N–H and O–H groups in total. The van der Waals surface area contributed by atoms with E-state index in [1.54, 1.807) is 54.6 Å². The van der Waals surface area contributed by atoms with Crippen molar-refractivity contribution in [2.24, 2.45) is 7.05 Å². The van der Waals surface area contributed by atoms with Gasteiger partial charge in [0.25, 0.3) is 5.91 Å². The van der Waals surface area contributed by atoms with Crippen molar-refractivity contribution < 1.29 is 36.3 Å². The van der Waals surface area contributed by atoms with Gasteiger partial charge in [-0.2, -0.15) is 33.3 Å². The van der Waals surface area contributed by atoms with Crippen molar-refractivity contribution in [1.29, 1.82) is 0 Å². The van der Waals surface area contributed by atoms with E-state index in [0.29, 0.717) is 34.4 Å². The van der Waals surface area contributed by atoms with E-state index in [2.05, 4.69) is 85.5 Å². The second kappa shape index (κ2) is 21.2. The second-order valence-corrected chi connectivity index (χ2v) is 15.4. The molecule has 0 saturated heterocycles. The van der Waals surface area contributed by atoms with Crippen LogP contribution in [0.4, 0.5) is 79.6 Å². The molecule has 0 aliphatic heterocycles. The van der Waals surface area contributed by atoms with Gasteiger partial charge in [0.05, 0.1) is 47.3 Å². The Balaban J connectivity index is 0.970. The molecular weight excluding hydrogens is 944 g/mol. The predicted octanol–water partition coefficient (Wildman–Crippen LogP) is 8.88. The Hall–Kier alpha value is -9.87.